The molecule has 1 aliphatic heterocycles. The number of ether oxygens (including phenoxy) is 1. The lowest BCUT2D eigenvalue weighted by Gasteiger charge is -2.25. The highest BCUT2D eigenvalue weighted by Gasteiger charge is 2.30. The van der Waals surface area contributed by atoms with Gasteiger partial charge in [0.1, 0.15) is 5.60 Å². The van der Waals surface area contributed by atoms with Crippen LogP contribution in [0.5, 0.6) is 0 Å². The molecule has 0 unspecified atom stereocenters. The lowest BCUT2D eigenvalue weighted by atomic mass is 10.00. The lowest BCUT2D eigenvalue weighted by Crippen LogP contribution is -2.41. The summed E-state index contributed by atoms with van der Waals surface area (Å²) in [6, 6.07) is 8.65. The van der Waals surface area contributed by atoms with Gasteiger partial charge in [-0.05, 0) is 46.2 Å². The molecule has 0 aromatic heterocycles. The Bertz CT molecular complexity index is 462. The van der Waals surface area contributed by atoms with Crippen molar-refractivity contribution in [3.8, 4) is 0 Å². The van der Waals surface area contributed by atoms with Gasteiger partial charge in [-0.2, -0.15) is 0 Å². The fourth-order valence-corrected chi connectivity index (χ4v) is 2.44. The number of rotatable bonds is 2. The first-order valence-electron chi connectivity index (χ1n) is 7.14. The summed E-state index contributed by atoms with van der Waals surface area (Å²) < 4.78 is 5.33. The molecule has 20 heavy (non-hydrogen) atoms. The van der Waals surface area contributed by atoms with Crippen LogP contribution in [0.1, 0.15) is 44.4 Å². The minimum absolute atomic E-state index is 0.0764. The maximum atomic E-state index is 11.9. The predicted molar refractivity (Wildman–Crippen MR) is 79.7 cm³/mol. The van der Waals surface area contributed by atoms with Gasteiger partial charge < -0.3 is 15.4 Å². The molecule has 2 rings (SSSR count). The Morgan fingerprint density at radius 1 is 1.30 bits per heavy atom. The molecular formula is C16H24N2O2. The topological polar surface area (TPSA) is 50.4 Å². The van der Waals surface area contributed by atoms with Gasteiger partial charge in [0.2, 0.25) is 0 Å². The average molecular weight is 276 g/mol. The number of carbonyl (C=O) groups excluding carboxylic acids is 1. The molecule has 0 aliphatic carbocycles. The van der Waals surface area contributed by atoms with Gasteiger partial charge in [-0.1, -0.05) is 29.8 Å². The van der Waals surface area contributed by atoms with E-state index in [9.17, 15) is 4.79 Å². The highest BCUT2D eigenvalue weighted by molar-refractivity contribution is 5.68. The van der Waals surface area contributed by atoms with E-state index in [0.29, 0.717) is 0 Å². The van der Waals surface area contributed by atoms with Crippen LogP contribution in [-0.2, 0) is 4.74 Å². The Labute approximate surface area is 120 Å². The third kappa shape index (κ3) is 3.97. The number of carbonyl (C=O) groups is 1. The van der Waals surface area contributed by atoms with Crippen LogP contribution in [0.15, 0.2) is 24.3 Å². The van der Waals surface area contributed by atoms with E-state index in [1.54, 1.807) is 0 Å². The quantitative estimate of drug-likeness (QED) is 0.873. The second-order valence-electron chi connectivity index (χ2n) is 6.38. The first-order chi connectivity index (χ1) is 9.35. The molecule has 0 bridgehead atoms. The lowest BCUT2D eigenvalue weighted by molar-refractivity contribution is 0.0500. The van der Waals surface area contributed by atoms with E-state index in [1.807, 2.05) is 20.8 Å². The van der Waals surface area contributed by atoms with Gasteiger partial charge in [-0.15, -0.1) is 0 Å². The number of amides is 1. The number of hydrogen-bond donors (Lipinski definition) is 2. The van der Waals surface area contributed by atoms with E-state index in [1.165, 1.54) is 11.1 Å². The highest BCUT2D eigenvalue weighted by atomic mass is 16.6. The molecule has 0 radical (unpaired) electrons. The summed E-state index contributed by atoms with van der Waals surface area (Å²) in [6.07, 6.45) is 0.570. The van der Waals surface area contributed by atoms with Crippen LogP contribution in [-0.4, -0.2) is 24.3 Å². The Hall–Kier alpha value is -1.55. The number of hydrogen-bond acceptors (Lipinski definition) is 3. The first kappa shape index (κ1) is 14.9. The largest absolute Gasteiger partial charge is 0.444 e. The molecule has 2 N–H and O–H groups in total. The van der Waals surface area contributed by atoms with Crippen molar-refractivity contribution in [2.45, 2.75) is 51.8 Å². The molecule has 2 atom stereocenters. The molecule has 1 amide bonds. The van der Waals surface area contributed by atoms with Gasteiger partial charge in [-0.3, -0.25) is 0 Å². The van der Waals surface area contributed by atoms with Crippen LogP contribution >= 0.6 is 0 Å². The maximum Gasteiger partial charge on any atom is 0.407 e. The third-order valence-corrected chi connectivity index (χ3v) is 3.36. The molecule has 1 fully saturated rings. The van der Waals surface area contributed by atoms with E-state index in [0.717, 1.165) is 13.0 Å². The molecule has 110 valence electrons. The van der Waals surface area contributed by atoms with Gasteiger partial charge in [-0.25, -0.2) is 4.79 Å². The summed E-state index contributed by atoms with van der Waals surface area (Å²) in [4.78, 5) is 11.9. The molecule has 0 spiro atoms. The number of benzene rings is 1. The predicted octanol–water partition coefficient (Wildman–Crippen LogP) is 2.92. The van der Waals surface area contributed by atoms with Crippen LogP contribution in [0.4, 0.5) is 4.79 Å². The normalized spacial score (nSPS) is 22.6. The van der Waals surface area contributed by atoms with Gasteiger partial charge >= 0.3 is 6.09 Å². The highest BCUT2D eigenvalue weighted by Crippen LogP contribution is 2.24. The van der Waals surface area contributed by atoms with Crippen molar-refractivity contribution in [3.05, 3.63) is 35.4 Å². The van der Waals surface area contributed by atoms with E-state index < -0.39 is 5.60 Å². The molecular weight excluding hydrogens is 252 g/mol. The fourth-order valence-electron chi connectivity index (χ4n) is 2.44. The smallest absolute Gasteiger partial charge is 0.407 e. The average Bonchev–Trinajstić information content (AvgIpc) is 2.75. The zero-order valence-corrected chi connectivity index (χ0v) is 12.7. The molecule has 1 saturated heterocycles. The van der Waals surface area contributed by atoms with Crippen molar-refractivity contribution >= 4 is 6.09 Å². The minimum atomic E-state index is -0.463. The van der Waals surface area contributed by atoms with Gasteiger partial charge in [0, 0.05) is 0 Å². The number of nitrogens with one attached hydrogen (secondary N) is 2. The van der Waals surface area contributed by atoms with Crippen molar-refractivity contribution < 1.29 is 9.53 Å². The third-order valence-electron chi connectivity index (χ3n) is 3.36. The molecule has 1 aromatic carbocycles. The van der Waals surface area contributed by atoms with E-state index >= 15 is 0 Å². The van der Waals surface area contributed by atoms with E-state index in [2.05, 4.69) is 41.8 Å². The Kier molecular flexibility index (Phi) is 4.33. The Morgan fingerprint density at radius 2 is 1.95 bits per heavy atom. The minimum Gasteiger partial charge on any atom is -0.444 e. The second-order valence-corrected chi connectivity index (χ2v) is 6.38. The molecule has 4 heteroatoms. The van der Waals surface area contributed by atoms with Crippen molar-refractivity contribution in [3.63, 3.8) is 0 Å². The summed E-state index contributed by atoms with van der Waals surface area (Å²) in [5.74, 6) is 0. The molecule has 1 aromatic rings. The van der Waals surface area contributed by atoms with Crippen LogP contribution in [0.25, 0.3) is 0 Å². The molecule has 1 aliphatic rings. The van der Waals surface area contributed by atoms with Crippen LogP contribution in [0, 0.1) is 6.92 Å². The van der Waals surface area contributed by atoms with Gasteiger partial charge in [0.25, 0.3) is 0 Å². The summed E-state index contributed by atoms with van der Waals surface area (Å²) in [5, 5.41) is 6.42. The van der Waals surface area contributed by atoms with Crippen LogP contribution in [0.3, 0.4) is 0 Å². The van der Waals surface area contributed by atoms with Crippen molar-refractivity contribution in [2.75, 3.05) is 6.54 Å². The van der Waals surface area contributed by atoms with Crippen LogP contribution < -0.4 is 10.6 Å². The Morgan fingerprint density at radius 3 is 2.55 bits per heavy atom. The summed E-state index contributed by atoms with van der Waals surface area (Å²) >= 11 is 0. The fraction of sp³-hybridized carbons (Fsp3) is 0.562. The van der Waals surface area contributed by atoms with Gasteiger partial charge in [0.15, 0.2) is 0 Å². The zero-order valence-electron chi connectivity index (χ0n) is 12.7. The van der Waals surface area contributed by atoms with E-state index in [4.69, 9.17) is 4.74 Å². The van der Waals surface area contributed by atoms with Gasteiger partial charge in [0.05, 0.1) is 12.1 Å². The number of aryl methyl sites for hydroxylation is 1. The Balaban J connectivity index is 2.00. The maximum absolute atomic E-state index is 11.9. The zero-order chi connectivity index (χ0) is 14.8. The number of alkyl carbamates (subject to hydrolysis) is 1. The van der Waals surface area contributed by atoms with Crippen molar-refractivity contribution in [1.82, 2.24) is 10.6 Å². The van der Waals surface area contributed by atoms with Crippen LogP contribution in [0.2, 0.25) is 0 Å². The standard InChI is InChI=1S/C16H24N2O2/c1-11-5-7-12(8-6-11)14-13(9-10-17-14)18-15(19)20-16(2,3)4/h5-8,13-14,17H,9-10H2,1-4H3,(H,18,19)/t13-,14+/m1/s1. The second kappa shape index (κ2) is 5.83. The molecule has 1 heterocycles. The monoisotopic (exact) mass is 276 g/mol. The van der Waals surface area contributed by atoms with Crippen molar-refractivity contribution in [1.29, 1.82) is 0 Å². The SMILES string of the molecule is Cc1ccc([C@@H]2NCC[C@H]2NC(=O)OC(C)(C)C)cc1. The molecule has 0 saturated carbocycles. The van der Waals surface area contributed by atoms with Crippen molar-refractivity contribution in [2.24, 2.45) is 0 Å². The summed E-state index contributed by atoms with van der Waals surface area (Å²) in [7, 11) is 0. The van der Waals surface area contributed by atoms with E-state index in [-0.39, 0.29) is 18.2 Å². The molecule has 4 nitrogen and oxygen atoms in total. The summed E-state index contributed by atoms with van der Waals surface area (Å²) in [5.41, 5.74) is 1.98. The summed E-state index contributed by atoms with van der Waals surface area (Å²) in [6.45, 7) is 8.59. The first-order valence-corrected chi connectivity index (χ1v) is 7.14.